The number of carbonyl (C=O) groups excluding carboxylic acids is 1. The van der Waals surface area contributed by atoms with Crippen LogP contribution in [0.2, 0.25) is 5.28 Å². The van der Waals surface area contributed by atoms with Crippen LogP contribution >= 0.6 is 11.6 Å². The number of nitrogens with zero attached hydrogens (tertiary/aromatic N) is 3. The number of nitrogens with one attached hydrogen (secondary N) is 1. The zero-order valence-electron chi connectivity index (χ0n) is 14.2. The van der Waals surface area contributed by atoms with Crippen LogP contribution in [-0.4, -0.2) is 46.5 Å². The molecule has 1 N–H and O–H groups in total. The zero-order chi connectivity index (χ0) is 16.9. The number of hydrogen-bond acceptors (Lipinski definition) is 3. The first kappa shape index (κ1) is 17.2. The van der Waals surface area contributed by atoms with E-state index in [2.05, 4.69) is 22.2 Å². The second-order valence-corrected chi connectivity index (χ2v) is 6.92. The highest BCUT2D eigenvalue weighted by Gasteiger charge is 2.18. The predicted octanol–water partition coefficient (Wildman–Crippen LogP) is 3.07. The van der Waals surface area contributed by atoms with Crippen LogP contribution in [0.5, 0.6) is 0 Å². The molecule has 0 unspecified atom stereocenters. The first-order valence-electron chi connectivity index (χ1n) is 8.73. The van der Waals surface area contributed by atoms with Crippen LogP contribution in [-0.2, 0) is 11.3 Å². The van der Waals surface area contributed by atoms with Gasteiger partial charge in [0.15, 0.2) is 0 Å². The number of benzene rings is 1. The van der Waals surface area contributed by atoms with E-state index in [0.717, 1.165) is 17.6 Å². The van der Waals surface area contributed by atoms with Crippen LogP contribution < -0.4 is 5.32 Å². The van der Waals surface area contributed by atoms with Crippen molar-refractivity contribution < 1.29 is 4.79 Å². The molecule has 1 heterocycles. The number of carbonyl (C=O) groups is 1. The minimum absolute atomic E-state index is 0.0305. The molecule has 1 aromatic heterocycles. The van der Waals surface area contributed by atoms with Gasteiger partial charge in [-0.15, -0.1) is 0 Å². The lowest BCUT2D eigenvalue weighted by atomic mass is 9.94. The summed E-state index contributed by atoms with van der Waals surface area (Å²) in [7, 11) is 2.16. The number of rotatable bonds is 6. The largest absolute Gasteiger partial charge is 0.353 e. The number of imidazole rings is 1. The number of hydrogen-bond donors (Lipinski definition) is 1. The molecule has 130 valence electrons. The maximum absolute atomic E-state index is 12.2. The van der Waals surface area contributed by atoms with Gasteiger partial charge in [-0.05, 0) is 43.6 Å². The van der Waals surface area contributed by atoms with Crippen LogP contribution in [0.4, 0.5) is 0 Å². The van der Waals surface area contributed by atoms with Gasteiger partial charge in [0.25, 0.3) is 0 Å². The first-order valence-corrected chi connectivity index (χ1v) is 9.10. The summed E-state index contributed by atoms with van der Waals surface area (Å²) in [6, 6.07) is 8.33. The molecule has 24 heavy (non-hydrogen) atoms. The lowest BCUT2D eigenvalue weighted by molar-refractivity contribution is -0.121. The number of aromatic nitrogens is 2. The number of para-hydroxylation sites is 2. The number of fused-ring (bicyclic) bond motifs is 1. The highest BCUT2D eigenvalue weighted by atomic mass is 35.5. The van der Waals surface area contributed by atoms with Crippen molar-refractivity contribution in [1.82, 2.24) is 19.8 Å². The van der Waals surface area contributed by atoms with Gasteiger partial charge in [0.2, 0.25) is 11.2 Å². The maximum Gasteiger partial charge on any atom is 0.240 e. The quantitative estimate of drug-likeness (QED) is 0.872. The normalized spacial score (nSPS) is 16.0. The van der Waals surface area contributed by atoms with Crippen molar-refractivity contribution in [2.24, 2.45) is 0 Å². The van der Waals surface area contributed by atoms with Crippen molar-refractivity contribution in [3.8, 4) is 0 Å². The van der Waals surface area contributed by atoms with E-state index in [4.69, 9.17) is 11.6 Å². The molecule has 1 fully saturated rings. The summed E-state index contributed by atoms with van der Waals surface area (Å²) in [5.41, 5.74) is 1.70. The van der Waals surface area contributed by atoms with Gasteiger partial charge in [-0.1, -0.05) is 31.4 Å². The molecule has 0 aliphatic heterocycles. The number of likely N-dealkylation sites (N-methyl/N-ethyl adjacent to an activating group) is 1. The Balaban J connectivity index is 1.49. The fraction of sp³-hybridized carbons (Fsp3) is 0.556. The number of amides is 1. The standard InChI is InChI=1S/C18H25ClN4O/c1-22(14-7-3-2-4-8-14)12-11-20-17(24)13-23-16-10-6-5-9-15(16)21-18(23)19/h5-6,9-10,14H,2-4,7-8,11-13H2,1H3,(H,20,24). The molecule has 0 radical (unpaired) electrons. The van der Waals surface area contributed by atoms with E-state index < -0.39 is 0 Å². The first-order chi connectivity index (χ1) is 11.6. The van der Waals surface area contributed by atoms with E-state index in [9.17, 15) is 4.79 Å². The summed E-state index contributed by atoms with van der Waals surface area (Å²) in [6.07, 6.45) is 6.57. The molecule has 3 rings (SSSR count). The summed E-state index contributed by atoms with van der Waals surface area (Å²) in [5, 5.41) is 3.35. The minimum Gasteiger partial charge on any atom is -0.353 e. The monoisotopic (exact) mass is 348 g/mol. The molecule has 1 saturated carbocycles. The van der Waals surface area contributed by atoms with E-state index in [1.807, 2.05) is 24.3 Å². The Kier molecular flexibility index (Phi) is 5.74. The van der Waals surface area contributed by atoms with E-state index in [1.54, 1.807) is 4.57 Å². The van der Waals surface area contributed by atoms with E-state index in [1.165, 1.54) is 32.1 Å². The molecule has 0 atom stereocenters. The third-order valence-electron chi connectivity index (χ3n) is 4.89. The summed E-state index contributed by atoms with van der Waals surface area (Å²) in [4.78, 5) is 18.9. The Morgan fingerprint density at radius 3 is 2.88 bits per heavy atom. The van der Waals surface area contributed by atoms with E-state index >= 15 is 0 Å². The van der Waals surface area contributed by atoms with Gasteiger partial charge in [0.1, 0.15) is 6.54 Å². The van der Waals surface area contributed by atoms with Gasteiger partial charge >= 0.3 is 0 Å². The Morgan fingerprint density at radius 2 is 2.08 bits per heavy atom. The van der Waals surface area contributed by atoms with Crippen molar-refractivity contribution in [3.05, 3.63) is 29.5 Å². The van der Waals surface area contributed by atoms with Crippen LogP contribution in [0, 0.1) is 0 Å². The molecule has 1 aliphatic rings. The molecule has 5 nitrogen and oxygen atoms in total. The molecule has 1 aliphatic carbocycles. The summed E-state index contributed by atoms with van der Waals surface area (Å²) < 4.78 is 1.75. The van der Waals surface area contributed by atoms with Crippen molar-refractivity contribution in [2.75, 3.05) is 20.1 Å². The van der Waals surface area contributed by atoms with Crippen LogP contribution in [0.15, 0.2) is 24.3 Å². The second kappa shape index (κ2) is 7.99. The molecule has 1 amide bonds. The Morgan fingerprint density at radius 1 is 1.33 bits per heavy atom. The highest BCUT2D eigenvalue weighted by molar-refractivity contribution is 6.29. The number of halogens is 1. The van der Waals surface area contributed by atoms with Gasteiger partial charge in [0.05, 0.1) is 11.0 Å². The minimum atomic E-state index is -0.0305. The summed E-state index contributed by atoms with van der Waals surface area (Å²) >= 11 is 6.16. The highest BCUT2D eigenvalue weighted by Crippen LogP contribution is 2.21. The average Bonchev–Trinajstić information content (AvgIpc) is 2.91. The van der Waals surface area contributed by atoms with Crippen molar-refractivity contribution in [2.45, 2.75) is 44.7 Å². The van der Waals surface area contributed by atoms with Gasteiger partial charge in [-0.2, -0.15) is 0 Å². The lowest BCUT2D eigenvalue weighted by Crippen LogP contribution is -2.40. The second-order valence-electron chi connectivity index (χ2n) is 6.58. The van der Waals surface area contributed by atoms with Crippen molar-refractivity contribution >= 4 is 28.5 Å². The molecule has 0 saturated heterocycles. The fourth-order valence-electron chi connectivity index (χ4n) is 3.47. The third kappa shape index (κ3) is 4.08. The molecule has 0 bridgehead atoms. The Hall–Kier alpha value is -1.59. The molecular weight excluding hydrogens is 324 g/mol. The summed E-state index contributed by atoms with van der Waals surface area (Å²) in [5.74, 6) is -0.0305. The van der Waals surface area contributed by atoms with Gasteiger partial charge in [-0.3, -0.25) is 4.79 Å². The predicted molar refractivity (Wildman–Crippen MR) is 97.3 cm³/mol. The van der Waals surface area contributed by atoms with Crippen LogP contribution in [0.3, 0.4) is 0 Å². The van der Waals surface area contributed by atoms with Gasteiger partial charge in [0, 0.05) is 19.1 Å². The van der Waals surface area contributed by atoms with Gasteiger partial charge in [-0.25, -0.2) is 4.98 Å². The summed E-state index contributed by atoms with van der Waals surface area (Å²) in [6.45, 7) is 1.75. The van der Waals surface area contributed by atoms with E-state index in [0.29, 0.717) is 17.9 Å². The molecule has 1 aromatic carbocycles. The molecule has 2 aromatic rings. The van der Waals surface area contributed by atoms with Crippen LogP contribution in [0.25, 0.3) is 11.0 Å². The fourth-order valence-corrected chi connectivity index (χ4v) is 3.71. The third-order valence-corrected chi connectivity index (χ3v) is 5.18. The topological polar surface area (TPSA) is 50.2 Å². The SMILES string of the molecule is CN(CCNC(=O)Cn1c(Cl)nc2ccccc21)C1CCCCC1. The van der Waals surface area contributed by atoms with Crippen molar-refractivity contribution in [3.63, 3.8) is 0 Å². The molecule has 6 heteroatoms. The smallest absolute Gasteiger partial charge is 0.240 e. The molecule has 0 spiro atoms. The Labute approximate surface area is 148 Å². The average molecular weight is 349 g/mol. The van der Waals surface area contributed by atoms with Crippen molar-refractivity contribution in [1.29, 1.82) is 0 Å². The van der Waals surface area contributed by atoms with E-state index in [-0.39, 0.29) is 12.5 Å². The Bertz CT molecular complexity index is 693. The zero-order valence-corrected chi connectivity index (χ0v) is 14.9. The van der Waals surface area contributed by atoms with Crippen LogP contribution in [0.1, 0.15) is 32.1 Å². The maximum atomic E-state index is 12.2. The molecular formula is C18H25ClN4O. The van der Waals surface area contributed by atoms with Gasteiger partial charge < -0.3 is 14.8 Å². The lowest BCUT2D eigenvalue weighted by Gasteiger charge is -2.31.